The summed E-state index contributed by atoms with van der Waals surface area (Å²) in [5, 5.41) is 11.5. The van der Waals surface area contributed by atoms with Crippen molar-refractivity contribution in [2.45, 2.75) is 18.9 Å². The van der Waals surface area contributed by atoms with Gasteiger partial charge in [0.25, 0.3) is 5.91 Å². The minimum absolute atomic E-state index is 0.133. The van der Waals surface area contributed by atoms with E-state index < -0.39 is 29.7 Å². The van der Waals surface area contributed by atoms with Gasteiger partial charge in [-0.3, -0.25) is 9.59 Å². The molecule has 0 radical (unpaired) electrons. The minimum atomic E-state index is -1.18. The van der Waals surface area contributed by atoms with Gasteiger partial charge in [-0.25, -0.2) is 9.18 Å². The Labute approximate surface area is 144 Å². The van der Waals surface area contributed by atoms with Gasteiger partial charge in [-0.15, -0.1) is 0 Å². The van der Waals surface area contributed by atoms with E-state index in [0.717, 1.165) is 0 Å². The Kier molecular flexibility index (Phi) is 6.46. The first-order valence-corrected chi connectivity index (χ1v) is 7.99. The zero-order valence-corrected chi connectivity index (χ0v) is 13.9. The predicted molar refractivity (Wildman–Crippen MR) is 86.5 cm³/mol. The van der Waals surface area contributed by atoms with Gasteiger partial charge in [0, 0.05) is 25.8 Å². The highest BCUT2D eigenvalue weighted by Crippen LogP contribution is 2.19. The summed E-state index contributed by atoms with van der Waals surface area (Å²) in [5.41, 5.74) is 0.352. The number of amides is 2. The van der Waals surface area contributed by atoms with E-state index >= 15 is 0 Å². The number of benzene rings is 1. The average molecular weight is 352 g/mol. The number of rotatable bonds is 6. The predicted octanol–water partition coefficient (Wildman–Crippen LogP) is 0.894. The van der Waals surface area contributed by atoms with E-state index in [2.05, 4.69) is 5.32 Å². The second kappa shape index (κ2) is 8.57. The van der Waals surface area contributed by atoms with Gasteiger partial charge in [-0.05, 0) is 37.1 Å². The molecule has 0 aliphatic carbocycles. The quantitative estimate of drug-likeness (QED) is 0.793. The number of likely N-dealkylation sites (tertiary alicyclic amines) is 1. The Balaban J connectivity index is 1.99. The topological polar surface area (TPSA) is 95.9 Å². The second-order valence-corrected chi connectivity index (χ2v) is 5.95. The SMILES string of the molecule is COCC(NC(=O)C1CCCN(C(=O)c2ccc(F)cc2)C1)C(=O)O. The summed E-state index contributed by atoms with van der Waals surface area (Å²) in [5.74, 6) is -2.78. The molecule has 8 heteroatoms. The van der Waals surface area contributed by atoms with Gasteiger partial charge >= 0.3 is 5.97 Å². The molecule has 7 nitrogen and oxygen atoms in total. The second-order valence-electron chi connectivity index (χ2n) is 5.95. The molecule has 1 heterocycles. The highest BCUT2D eigenvalue weighted by atomic mass is 19.1. The third kappa shape index (κ3) is 4.99. The Morgan fingerprint density at radius 2 is 2.04 bits per heavy atom. The highest BCUT2D eigenvalue weighted by Gasteiger charge is 2.31. The first-order chi connectivity index (χ1) is 11.9. The average Bonchev–Trinajstić information content (AvgIpc) is 2.61. The number of hydrogen-bond donors (Lipinski definition) is 2. The molecule has 1 fully saturated rings. The smallest absolute Gasteiger partial charge is 0.328 e. The van der Waals surface area contributed by atoms with Crippen molar-refractivity contribution in [2.75, 3.05) is 26.8 Å². The molecule has 2 amide bonds. The Morgan fingerprint density at radius 3 is 2.64 bits per heavy atom. The molecule has 2 rings (SSSR count). The molecule has 25 heavy (non-hydrogen) atoms. The van der Waals surface area contributed by atoms with Crippen LogP contribution in [-0.4, -0.2) is 60.6 Å². The monoisotopic (exact) mass is 352 g/mol. The molecule has 2 atom stereocenters. The summed E-state index contributed by atoms with van der Waals surface area (Å²) in [6.45, 7) is 0.563. The van der Waals surface area contributed by atoms with Crippen molar-refractivity contribution in [3.05, 3.63) is 35.6 Å². The third-order valence-electron chi connectivity index (χ3n) is 4.12. The lowest BCUT2D eigenvalue weighted by Gasteiger charge is -2.32. The Bertz CT molecular complexity index is 634. The fourth-order valence-electron chi connectivity index (χ4n) is 2.78. The number of piperidine rings is 1. The van der Waals surface area contributed by atoms with Crippen molar-refractivity contribution in [1.29, 1.82) is 0 Å². The molecule has 1 aromatic carbocycles. The van der Waals surface area contributed by atoms with E-state index in [1.165, 1.54) is 36.3 Å². The van der Waals surface area contributed by atoms with Crippen LogP contribution < -0.4 is 5.32 Å². The van der Waals surface area contributed by atoms with Crippen molar-refractivity contribution in [2.24, 2.45) is 5.92 Å². The lowest BCUT2D eigenvalue weighted by Crippen LogP contribution is -2.50. The van der Waals surface area contributed by atoms with Gasteiger partial charge in [0.15, 0.2) is 6.04 Å². The minimum Gasteiger partial charge on any atom is -0.480 e. The molecule has 136 valence electrons. The lowest BCUT2D eigenvalue weighted by molar-refractivity contribution is -0.144. The fourth-order valence-corrected chi connectivity index (χ4v) is 2.78. The van der Waals surface area contributed by atoms with E-state index in [4.69, 9.17) is 9.84 Å². The first kappa shape index (κ1) is 18.9. The maximum Gasteiger partial charge on any atom is 0.328 e. The van der Waals surface area contributed by atoms with Gasteiger partial charge < -0.3 is 20.1 Å². The highest BCUT2D eigenvalue weighted by molar-refractivity contribution is 5.94. The molecule has 0 bridgehead atoms. The zero-order valence-electron chi connectivity index (χ0n) is 13.9. The number of methoxy groups -OCH3 is 1. The van der Waals surface area contributed by atoms with Gasteiger partial charge in [0.2, 0.25) is 5.91 Å². The van der Waals surface area contributed by atoms with Crippen molar-refractivity contribution in [3.8, 4) is 0 Å². The number of carbonyl (C=O) groups excluding carboxylic acids is 2. The summed E-state index contributed by atoms with van der Waals surface area (Å²) in [4.78, 5) is 37.4. The number of hydrogen-bond acceptors (Lipinski definition) is 4. The van der Waals surface area contributed by atoms with Gasteiger partial charge in [0.05, 0.1) is 12.5 Å². The maximum atomic E-state index is 13.0. The van der Waals surface area contributed by atoms with E-state index in [-0.39, 0.29) is 19.1 Å². The Hall–Kier alpha value is -2.48. The van der Waals surface area contributed by atoms with Gasteiger partial charge in [-0.1, -0.05) is 0 Å². The lowest BCUT2D eigenvalue weighted by atomic mass is 9.96. The van der Waals surface area contributed by atoms with Crippen LogP contribution >= 0.6 is 0 Å². The molecule has 0 aromatic heterocycles. The summed E-state index contributed by atoms with van der Waals surface area (Å²) < 4.78 is 17.8. The molecule has 1 aromatic rings. The van der Waals surface area contributed by atoms with Gasteiger partial charge in [-0.2, -0.15) is 0 Å². The van der Waals surface area contributed by atoms with E-state index in [0.29, 0.717) is 24.9 Å². The number of nitrogens with one attached hydrogen (secondary N) is 1. The van der Waals surface area contributed by atoms with Gasteiger partial charge in [0.1, 0.15) is 5.82 Å². The normalized spacial score (nSPS) is 18.5. The summed E-state index contributed by atoms with van der Waals surface area (Å²) in [6, 6.07) is 4.11. The molecule has 0 saturated carbocycles. The van der Waals surface area contributed by atoms with Crippen LogP contribution in [0.2, 0.25) is 0 Å². The Morgan fingerprint density at radius 1 is 1.36 bits per heavy atom. The molecule has 1 saturated heterocycles. The van der Waals surface area contributed by atoms with Crippen LogP contribution in [0.5, 0.6) is 0 Å². The number of carboxylic acid groups (broad SMARTS) is 1. The van der Waals surface area contributed by atoms with Crippen molar-refractivity contribution in [1.82, 2.24) is 10.2 Å². The van der Waals surface area contributed by atoms with Crippen molar-refractivity contribution in [3.63, 3.8) is 0 Å². The maximum absolute atomic E-state index is 13.0. The van der Waals surface area contributed by atoms with E-state index in [1.54, 1.807) is 0 Å². The third-order valence-corrected chi connectivity index (χ3v) is 4.12. The first-order valence-electron chi connectivity index (χ1n) is 7.99. The molecular formula is C17H21FN2O5. The molecule has 1 aliphatic rings. The molecular weight excluding hydrogens is 331 g/mol. The molecule has 0 spiro atoms. The van der Waals surface area contributed by atoms with Crippen LogP contribution in [0.3, 0.4) is 0 Å². The standard InChI is InChI=1S/C17H21FN2O5/c1-25-10-14(17(23)24)19-15(21)12-3-2-8-20(9-12)16(22)11-4-6-13(18)7-5-11/h4-7,12,14H,2-3,8-10H2,1H3,(H,19,21)(H,23,24). The van der Waals surface area contributed by atoms with E-state index in [1.807, 2.05) is 0 Å². The summed E-state index contributed by atoms with van der Waals surface area (Å²) >= 11 is 0. The number of nitrogens with zero attached hydrogens (tertiary/aromatic N) is 1. The number of halogens is 1. The molecule has 2 N–H and O–H groups in total. The zero-order chi connectivity index (χ0) is 18.4. The number of ether oxygens (including phenoxy) is 1. The van der Waals surface area contributed by atoms with Crippen LogP contribution in [0.25, 0.3) is 0 Å². The number of carbonyl (C=O) groups is 3. The van der Waals surface area contributed by atoms with Crippen LogP contribution in [0.1, 0.15) is 23.2 Å². The molecule has 2 unspecified atom stereocenters. The van der Waals surface area contributed by atoms with Crippen molar-refractivity contribution < 1.29 is 28.6 Å². The summed E-state index contributed by atoms with van der Waals surface area (Å²) in [7, 11) is 1.35. The molecule has 1 aliphatic heterocycles. The van der Waals surface area contributed by atoms with Crippen molar-refractivity contribution >= 4 is 17.8 Å². The van der Waals surface area contributed by atoms with Crippen LogP contribution in [-0.2, 0) is 14.3 Å². The number of carboxylic acids is 1. The van der Waals surface area contributed by atoms with E-state index in [9.17, 15) is 18.8 Å². The number of aliphatic carboxylic acids is 1. The van der Waals surface area contributed by atoms with Crippen LogP contribution in [0.15, 0.2) is 24.3 Å². The summed E-state index contributed by atoms with van der Waals surface area (Å²) in [6.07, 6.45) is 1.20. The fraction of sp³-hybridized carbons (Fsp3) is 0.471. The largest absolute Gasteiger partial charge is 0.480 e. The van der Waals surface area contributed by atoms with Crippen LogP contribution in [0, 0.1) is 11.7 Å². The van der Waals surface area contributed by atoms with Crippen LogP contribution in [0.4, 0.5) is 4.39 Å².